The molecule has 3 aliphatic heterocycles. The summed E-state index contributed by atoms with van der Waals surface area (Å²) in [5.74, 6) is 1.14. The summed E-state index contributed by atoms with van der Waals surface area (Å²) in [5, 5.41) is 3.49. The molecule has 1 aliphatic carbocycles. The zero-order valence-corrected chi connectivity index (χ0v) is 14.7. The molecule has 1 amide bonds. The Bertz CT molecular complexity index is 438. The normalized spacial score (nSPS) is 36.2. The van der Waals surface area contributed by atoms with Crippen molar-refractivity contribution in [3.8, 4) is 0 Å². The number of piperidine rings is 2. The third-order valence-electron chi connectivity index (χ3n) is 7.25. The maximum atomic E-state index is 12.6. The Labute approximate surface area is 141 Å². The summed E-state index contributed by atoms with van der Waals surface area (Å²) in [6, 6.07) is 1.11. The van der Waals surface area contributed by atoms with Crippen LogP contribution in [0.5, 0.6) is 0 Å². The fraction of sp³-hybridized carbons (Fsp3) is 0.947. The highest BCUT2D eigenvalue weighted by Crippen LogP contribution is 2.40. The van der Waals surface area contributed by atoms with Crippen LogP contribution in [0.1, 0.15) is 64.7 Å². The first-order valence-electron chi connectivity index (χ1n) is 9.94. The Kier molecular flexibility index (Phi) is 4.39. The van der Waals surface area contributed by atoms with Gasteiger partial charge >= 0.3 is 0 Å². The summed E-state index contributed by atoms with van der Waals surface area (Å²) >= 11 is 0. The van der Waals surface area contributed by atoms with Gasteiger partial charge in [-0.15, -0.1) is 0 Å². The van der Waals surface area contributed by atoms with Crippen LogP contribution in [0.25, 0.3) is 0 Å². The monoisotopic (exact) mass is 319 g/mol. The molecule has 4 fully saturated rings. The molecule has 0 aromatic carbocycles. The zero-order chi connectivity index (χ0) is 15.9. The maximum Gasteiger partial charge on any atom is 0.223 e. The van der Waals surface area contributed by atoms with Gasteiger partial charge in [0.2, 0.25) is 5.91 Å². The predicted octanol–water partition coefficient (Wildman–Crippen LogP) is 2.38. The molecule has 0 aromatic rings. The summed E-state index contributed by atoms with van der Waals surface area (Å²) in [6.45, 7) is 7.13. The Morgan fingerprint density at radius 1 is 1.04 bits per heavy atom. The van der Waals surface area contributed by atoms with Crippen molar-refractivity contribution in [2.75, 3.05) is 26.2 Å². The average Bonchev–Trinajstić information content (AvgIpc) is 2.91. The summed E-state index contributed by atoms with van der Waals surface area (Å²) < 4.78 is 0. The van der Waals surface area contributed by atoms with E-state index in [4.69, 9.17) is 0 Å². The largest absolute Gasteiger partial charge is 0.336 e. The van der Waals surface area contributed by atoms with Crippen LogP contribution in [-0.2, 0) is 4.79 Å². The van der Waals surface area contributed by atoms with Crippen molar-refractivity contribution >= 4 is 5.91 Å². The number of carbonyl (C=O) groups is 1. The van der Waals surface area contributed by atoms with Crippen LogP contribution in [0, 0.1) is 5.92 Å². The second-order valence-electron chi connectivity index (χ2n) is 8.58. The number of nitrogens with zero attached hydrogens (tertiary/aromatic N) is 2. The molecule has 4 heteroatoms. The molecule has 4 rings (SSSR count). The maximum absolute atomic E-state index is 12.6. The third-order valence-corrected chi connectivity index (χ3v) is 7.25. The van der Waals surface area contributed by atoms with E-state index in [1.54, 1.807) is 0 Å². The van der Waals surface area contributed by atoms with Crippen molar-refractivity contribution in [1.82, 2.24) is 15.1 Å². The topological polar surface area (TPSA) is 35.6 Å². The van der Waals surface area contributed by atoms with Crippen LogP contribution >= 0.6 is 0 Å². The number of likely N-dealkylation sites (tertiary alicyclic amines) is 2. The number of hydrogen-bond acceptors (Lipinski definition) is 3. The molecule has 3 saturated heterocycles. The highest BCUT2D eigenvalue weighted by molar-refractivity contribution is 5.79. The van der Waals surface area contributed by atoms with E-state index < -0.39 is 0 Å². The zero-order valence-electron chi connectivity index (χ0n) is 14.7. The van der Waals surface area contributed by atoms with E-state index in [2.05, 4.69) is 22.0 Å². The van der Waals surface area contributed by atoms with Gasteiger partial charge in [-0.25, -0.2) is 0 Å². The van der Waals surface area contributed by atoms with Gasteiger partial charge in [0.25, 0.3) is 0 Å². The molecule has 3 heterocycles. The number of fused-ring (bicyclic) bond motifs is 1. The lowest BCUT2D eigenvalue weighted by molar-refractivity contribution is -0.132. The first-order chi connectivity index (χ1) is 11.2. The lowest BCUT2D eigenvalue weighted by Gasteiger charge is -2.49. The van der Waals surface area contributed by atoms with E-state index in [0.29, 0.717) is 29.4 Å². The van der Waals surface area contributed by atoms with Crippen molar-refractivity contribution in [2.45, 2.75) is 82.3 Å². The van der Waals surface area contributed by atoms with E-state index in [-0.39, 0.29) is 0 Å². The van der Waals surface area contributed by atoms with Crippen LogP contribution in [0.2, 0.25) is 0 Å². The SMILES string of the molecule is CC1(N2CCC(N3C(=O)C[C@H]4CCCC[C@@H]43)CC2)CCNCC1. The molecule has 2 atom stereocenters. The van der Waals surface area contributed by atoms with Gasteiger partial charge in [0.1, 0.15) is 0 Å². The Balaban J connectivity index is 1.38. The second-order valence-corrected chi connectivity index (χ2v) is 8.58. The molecular weight excluding hydrogens is 286 g/mol. The molecule has 0 unspecified atom stereocenters. The van der Waals surface area contributed by atoms with Crippen molar-refractivity contribution in [3.63, 3.8) is 0 Å². The predicted molar refractivity (Wildman–Crippen MR) is 92.3 cm³/mol. The first kappa shape index (κ1) is 15.9. The van der Waals surface area contributed by atoms with Crippen LogP contribution in [0.4, 0.5) is 0 Å². The second kappa shape index (κ2) is 6.36. The van der Waals surface area contributed by atoms with Gasteiger partial charge in [-0.1, -0.05) is 12.8 Å². The minimum atomic E-state index is 0.388. The van der Waals surface area contributed by atoms with Gasteiger partial charge in [0.05, 0.1) is 0 Å². The van der Waals surface area contributed by atoms with E-state index in [1.165, 1.54) is 64.5 Å². The summed E-state index contributed by atoms with van der Waals surface area (Å²) in [4.78, 5) is 17.7. The lowest BCUT2D eigenvalue weighted by Crippen LogP contribution is -2.57. The van der Waals surface area contributed by atoms with E-state index >= 15 is 0 Å². The van der Waals surface area contributed by atoms with Crippen LogP contribution < -0.4 is 5.32 Å². The highest BCUT2D eigenvalue weighted by atomic mass is 16.2. The minimum absolute atomic E-state index is 0.388. The Hall–Kier alpha value is -0.610. The van der Waals surface area contributed by atoms with Crippen LogP contribution in [0.15, 0.2) is 0 Å². The molecule has 0 spiro atoms. The molecule has 0 radical (unpaired) electrons. The average molecular weight is 319 g/mol. The van der Waals surface area contributed by atoms with Gasteiger partial charge in [0.15, 0.2) is 0 Å². The summed E-state index contributed by atoms with van der Waals surface area (Å²) in [7, 11) is 0. The van der Waals surface area contributed by atoms with Crippen molar-refractivity contribution in [3.05, 3.63) is 0 Å². The first-order valence-corrected chi connectivity index (χ1v) is 9.94. The standard InChI is InChI=1S/C19H33N3O/c1-19(8-10-20-11-9-19)21-12-6-16(7-13-21)22-17-5-3-2-4-15(17)14-18(22)23/h15-17,20H,2-14H2,1H3/t15-,17+/m1/s1. The molecule has 4 nitrogen and oxygen atoms in total. The van der Waals surface area contributed by atoms with Gasteiger partial charge < -0.3 is 10.2 Å². The number of nitrogens with one attached hydrogen (secondary N) is 1. The Morgan fingerprint density at radius 2 is 1.74 bits per heavy atom. The molecule has 0 bridgehead atoms. The molecule has 1 saturated carbocycles. The molecule has 23 heavy (non-hydrogen) atoms. The van der Waals surface area contributed by atoms with Crippen molar-refractivity contribution in [2.24, 2.45) is 5.92 Å². The molecule has 1 N–H and O–H groups in total. The molecule has 0 aromatic heterocycles. The fourth-order valence-electron chi connectivity index (χ4n) is 5.75. The highest BCUT2D eigenvalue weighted by Gasteiger charge is 2.45. The summed E-state index contributed by atoms with van der Waals surface area (Å²) in [6.07, 6.45) is 11.0. The van der Waals surface area contributed by atoms with Gasteiger partial charge in [-0.2, -0.15) is 0 Å². The molecular formula is C19H33N3O. The fourth-order valence-corrected chi connectivity index (χ4v) is 5.75. The molecule has 4 aliphatic rings. The van der Waals surface area contributed by atoms with Crippen LogP contribution in [-0.4, -0.2) is 59.5 Å². The van der Waals surface area contributed by atoms with Crippen molar-refractivity contribution < 1.29 is 4.79 Å². The Morgan fingerprint density at radius 3 is 2.48 bits per heavy atom. The van der Waals surface area contributed by atoms with Gasteiger partial charge in [0, 0.05) is 37.1 Å². The van der Waals surface area contributed by atoms with E-state index in [0.717, 1.165) is 19.5 Å². The third kappa shape index (κ3) is 2.93. The van der Waals surface area contributed by atoms with E-state index in [1.807, 2.05) is 0 Å². The minimum Gasteiger partial charge on any atom is -0.336 e. The van der Waals surface area contributed by atoms with Crippen molar-refractivity contribution in [1.29, 1.82) is 0 Å². The number of rotatable bonds is 2. The van der Waals surface area contributed by atoms with Crippen LogP contribution in [0.3, 0.4) is 0 Å². The number of amides is 1. The smallest absolute Gasteiger partial charge is 0.223 e. The quantitative estimate of drug-likeness (QED) is 0.849. The molecule has 130 valence electrons. The van der Waals surface area contributed by atoms with Gasteiger partial charge in [-0.3, -0.25) is 9.69 Å². The lowest BCUT2D eigenvalue weighted by atomic mass is 9.84. The number of carbonyl (C=O) groups excluding carboxylic acids is 1. The summed E-state index contributed by atoms with van der Waals surface area (Å²) in [5.41, 5.74) is 0.388. The number of hydrogen-bond donors (Lipinski definition) is 1. The van der Waals surface area contributed by atoms with Gasteiger partial charge in [-0.05, 0) is 64.5 Å². The van der Waals surface area contributed by atoms with E-state index in [9.17, 15) is 4.79 Å².